The molecule has 274 valence electrons. The summed E-state index contributed by atoms with van der Waals surface area (Å²) in [6, 6.07) is 22.3. The third-order valence-electron chi connectivity index (χ3n) is 8.36. The fraction of sp³-hybridized carbons (Fsp3) is 0.167. The van der Waals surface area contributed by atoms with Crippen molar-refractivity contribution in [2.24, 2.45) is 0 Å². The number of halogens is 1. The number of fused-ring (bicyclic) bond motifs is 1. The van der Waals surface area contributed by atoms with Gasteiger partial charge in [0.1, 0.15) is 11.5 Å². The van der Waals surface area contributed by atoms with E-state index in [-0.39, 0.29) is 23.8 Å². The number of benzene rings is 2. The van der Waals surface area contributed by atoms with Crippen LogP contribution in [-0.4, -0.2) is 49.8 Å². The predicted octanol–water partition coefficient (Wildman–Crippen LogP) is 5.75. The van der Waals surface area contributed by atoms with Gasteiger partial charge in [-0.2, -0.15) is 0 Å². The Balaban J connectivity index is 0.000000310. The number of nitrogens with one attached hydrogen (secondary N) is 2. The predicted molar refractivity (Wildman–Crippen MR) is 222 cm³/mol. The van der Waals surface area contributed by atoms with Gasteiger partial charge in [-0.05, 0) is 157 Å². The number of likely N-dealkylation sites (tertiary alicyclic amines) is 1. The quantitative estimate of drug-likeness (QED) is 0.197. The number of amides is 1. The highest BCUT2D eigenvalue weighted by atomic mass is 19.1. The van der Waals surface area contributed by atoms with Gasteiger partial charge in [0, 0.05) is 38.1 Å². The number of hydrogen-bond acceptors (Lipinski definition) is 6. The maximum absolute atomic E-state index is 13.8. The van der Waals surface area contributed by atoms with Crippen molar-refractivity contribution in [3.63, 3.8) is 0 Å². The molecule has 3 aromatic heterocycles. The van der Waals surface area contributed by atoms with Crippen molar-refractivity contribution in [1.82, 2.24) is 29.6 Å². The topological polar surface area (TPSA) is 87.5 Å². The minimum atomic E-state index is -0.306. The van der Waals surface area contributed by atoms with Crippen molar-refractivity contribution < 1.29 is 9.18 Å². The number of likely N-dealkylation sites (N-methyl/N-ethyl adjacent to an activating group) is 1. The van der Waals surface area contributed by atoms with Gasteiger partial charge in [-0.15, -0.1) is 6.42 Å². The van der Waals surface area contributed by atoms with Gasteiger partial charge in [-0.3, -0.25) is 14.1 Å². The molecular formula is C48H34FN7O. The van der Waals surface area contributed by atoms with Crippen LogP contribution in [0.3, 0.4) is 0 Å². The van der Waals surface area contributed by atoms with Gasteiger partial charge in [0.25, 0.3) is 0 Å². The number of anilines is 1. The number of nitrogens with zero attached hydrogens (tertiary/aromatic N) is 5. The molecular weight excluding hydrogens is 710 g/mol. The van der Waals surface area contributed by atoms with Gasteiger partial charge in [-0.25, -0.2) is 19.3 Å². The van der Waals surface area contributed by atoms with Crippen molar-refractivity contribution in [2.75, 3.05) is 18.9 Å². The van der Waals surface area contributed by atoms with E-state index in [1.165, 1.54) is 12.1 Å². The van der Waals surface area contributed by atoms with Crippen molar-refractivity contribution in [1.29, 1.82) is 0 Å². The highest BCUT2D eigenvalue weighted by Crippen LogP contribution is 2.33. The fourth-order valence-electron chi connectivity index (χ4n) is 5.59. The summed E-state index contributed by atoms with van der Waals surface area (Å²) in [6.07, 6.45) is 9.45. The number of imidazole rings is 1. The number of terminal acetylenes is 1. The molecule has 2 aromatic carbocycles. The number of hydrogen-bond donors (Lipinski definition) is 2. The Morgan fingerprint density at radius 3 is 2.12 bits per heavy atom. The van der Waals surface area contributed by atoms with Gasteiger partial charge in [-0.1, -0.05) is 36.3 Å². The first-order chi connectivity index (χ1) is 27.9. The zero-order valence-corrected chi connectivity index (χ0v) is 31.5. The fourth-order valence-corrected chi connectivity index (χ4v) is 5.59. The number of aromatic nitrogens is 4. The molecule has 0 unspecified atom stereocenters. The summed E-state index contributed by atoms with van der Waals surface area (Å²) >= 11 is 0. The molecule has 6 rings (SSSR count). The molecule has 2 N–H and O–H groups in total. The largest absolute Gasteiger partial charge is 0.358 e. The Labute approximate surface area is 333 Å². The molecule has 9 heteroatoms. The van der Waals surface area contributed by atoms with Crippen molar-refractivity contribution in [3.05, 3.63) is 102 Å². The molecule has 0 aliphatic carbocycles. The minimum absolute atomic E-state index is 0.0119. The summed E-state index contributed by atoms with van der Waals surface area (Å²) in [4.78, 5) is 28.6. The monoisotopic (exact) mass is 743 g/mol. The van der Waals surface area contributed by atoms with Gasteiger partial charge in [0.05, 0.1) is 29.2 Å². The Bertz CT molecular complexity index is 2750. The maximum atomic E-state index is 13.8. The van der Waals surface area contributed by atoms with Gasteiger partial charge >= 0.3 is 0 Å². The molecule has 1 aliphatic heterocycles. The van der Waals surface area contributed by atoms with Gasteiger partial charge in [0.15, 0.2) is 0 Å². The summed E-state index contributed by atoms with van der Waals surface area (Å²) in [7, 11) is 1.67. The lowest BCUT2D eigenvalue weighted by atomic mass is 10.0. The molecule has 1 saturated heterocycles. The Hall–Kier alpha value is -8.15. The van der Waals surface area contributed by atoms with Crippen LogP contribution in [0.15, 0.2) is 85.2 Å². The normalized spacial score (nSPS) is 12.3. The minimum Gasteiger partial charge on any atom is -0.358 e. The SMILES string of the molecule is C#CC#CC#CC#CC#CC#CC#CC#CC.CNC(=O)[C@@H]1CCN1Cc1ccn2c(-c3ccnc(N[C@@H](C)c4ccccc4)n3)c(-c3ccc(F)cc3)nc2c1. The number of carbonyl (C=O) groups is 1. The van der Waals surface area contributed by atoms with Crippen LogP contribution in [0.2, 0.25) is 0 Å². The Morgan fingerprint density at radius 2 is 1.53 bits per heavy atom. The lowest BCUT2D eigenvalue weighted by Gasteiger charge is -2.39. The smallest absolute Gasteiger partial charge is 0.237 e. The molecule has 1 amide bonds. The first-order valence-corrected chi connectivity index (χ1v) is 17.7. The van der Waals surface area contributed by atoms with Gasteiger partial charge < -0.3 is 10.6 Å². The number of pyridine rings is 1. The average molecular weight is 744 g/mol. The lowest BCUT2D eigenvalue weighted by molar-refractivity contribution is -0.130. The third kappa shape index (κ3) is 11.4. The number of rotatable bonds is 8. The highest BCUT2D eigenvalue weighted by Gasteiger charge is 2.33. The van der Waals surface area contributed by atoms with Crippen molar-refractivity contribution in [3.8, 4) is 118 Å². The second-order valence-electron chi connectivity index (χ2n) is 12.0. The molecule has 0 radical (unpaired) electrons. The first kappa shape index (κ1) is 40.0. The highest BCUT2D eigenvalue weighted by molar-refractivity contribution is 5.82. The van der Waals surface area contributed by atoms with Crippen LogP contribution in [0.1, 0.15) is 37.4 Å². The molecule has 2 atom stereocenters. The van der Waals surface area contributed by atoms with Crippen LogP contribution >= 0.6 is 0 Å². The standard InChI is InChI=1S/C31H30FN7O.C17H4/c1-20(22-6-4-3-5-7-22)35-31-34-15-12-25(36-31)29-28(23-8-10-24(32)11-9-23)37-27-18-21(13-17-39(27)29)19-38-16-14-26(38)30(40)33-2;1-3-5-7-9-11-13-15-17-16-14-12-10-8-6-4-2/h3-13,15,17-18,20,26H,14,16,19H2,1-2H3,(H,33,40)(H,34,35,36);1H,2H3/t20-,26-;/m0./s1. The summed E-state index contributed by atoms with van der Waals surface area (Å²) in [5.41, 5.74) is 5.91. The third-order valence-corrected chi connectivity index (χ3v) is 8.36. The van der Waals surface area contributed by atoms with Crippen LogP contribution in [0.25, 0.3) is 28.3 Å². The summed E-state index contributed by atoms with van der Waals surface area (Å²) < 4.78 is 15.8. The number of carbonyl (C=O) groups excluding carboxylic acids is 1. The molecule has 0 spiro atoms. The lowest BCUT2D eigenvalue weighted by Crippen LogP contribution is -2.54. The van der Waals surface area contributed by atoms with Crippen LogP contribution in [-0.2, 0) is 11.3 Å². The molecule has 4 heterocycles. The van der Waals surface area contributed by atoms with E-state index in [0.29, 0.717) is 23.9 Å². The Morgan fingerprint density at radius 1 is 0.877 bits per heavy atom. The van der Waals surface area contributed by atoms with Crippen molar-refractivity contribution >= 4 is 17.5 Å². The zero-order chi connectivity index (χ0) is 40.2. The zero-order valence-electron chi connectivity index (χ0n) is 31.5. The van der Waals surface area contributed by atoms with E-state index in [1.807, 2.05) is 47.0 Å². The molecule has 0 saturated carbocycles. The van der Waals surface area contributed by atoms with Gasteiger partial charge in [0.2, 0.25) is 11.9 Å². The second-order valence-corrected chi connectivity index (χ2v) is 12.0. The maximum Gasteiger partial charge on any atom is 0.237 e. The van der Waals surface area contributed by atoms with E-state index in [0.717, 1.165) is 41.0 Å². The molecule has 1 aliphatic rings. The Kier molecular flexibility index (Phi) is 14.7. The van der Waals surface area contributed by atoms with Crippen LogP contribution in [0, 0.1) is 101 Å². The van der Waals surface area contributed by atoms with E-state index >= 15 is 0 Å². The summed E-state index contributed by atoms with van der Waals surface area (Å²) in [6.45, 7) is 5.30. The average Bonchev–Trinajstić information content (AvgIpc) is 3.61. The van der Waals surface area contributed by atoms with Crippen LogP contribution in [0.5, 0.6) is 0 Å². The van der Waals surface area contributed by atoms with E-state index in [4.69, 9.17) is 16.4 Å². The molecule has 1 fully saturated rings. The summed E-state index contributed by atoms with van der Waals surface area (Å²) in [5.74, 6) is 37.2. The molecule has 0 bridgehead atoms. The van der Waals surface area contributed by atoms with Crippen LogP contribution in [0.4, 0.5) is 10.3 Å². The van der Waals surface area contributed by atoms with Crippen molar-refractivity contribution in [2.45, 2.75) is 38.9 Å². The molecule has 8 nitrogen and oxygen atoms in total. The van der Waals surface area contributed by atoms with E-state index in [9.17, 15) is 9.18 Å². The van der Waals surface area contributed by atoms with Crippen LogP contribution < -0.4 is 10.6 Å². The molecule has 57 heavy (non-hydrogen) atoms. The first-order valence-electron chi connectivity index (χ1n) is 17.7. The van der Waals surface area contributed by atoms with E-state index in [2.05, 4.69) is 128 Å². The summed E-state index contributed by atoms with van der Waals surface area (Å²) in [5, 5.41) is 6.15. The van der Waals surface area contributed by atoms with E-state index in [1.54, 1.807) is 32.3 Å². The molecule has 5 aromatic rings. The second kappa shape index (κ2) is 20.9. The van der Waals surface area contributed by atoms with E-state index < -0.39 is 0 Å².